The van der Waals surface area contributed by atoms with Gasteiger partial charge in [0.2, 0.25) is 0 Å². The fraction of sp³-hybridized carbons (Fsp3) is 0.429. The molecule has 6 heteroatoms. The van der Waals surface area contributed by atoms with Crippen LogP contribution in [0.4, 0.5) is 0 Å². The van der Waals surface area contributed by atoms with Gasteiger partial charge in [-0.15, -0.1) is 0 Å². The van der Waals surface area contributed by atoms with Gasteiger partial charge in [-0.25, -0.2) is 0 Å². The zero-order chi connectivity index (χ0) is 19.1. The molecular weight excluding hydrogens is 385 g/mol. The fourth-order valence-electron chi connectivity index (χ4n) is 3.19. The summed E-state index contributed by atoms with van der Waals surface area (Å²) in [5, 5.41) is 1.07. The second-order valence-corrected chi connectivity index (χ2v) is 7.36. The van der Waals surface area contributed by atoms with Crippen LogP contribution in [0.25, 0.3) is 0 Å². The maximum Gasteiger partial charge on any atom is 0.164 e. The number of methoxy groups -OCH3 is 1. The van der Waals surface area contributed by atoms with Gasteiger partial charge in [0.25, 0.3) is 0 Å². The fourth-order valence-corrected chi connectivity index (χ4v) is 3.51. The molecule has 0 spiro atoms. The third-order valence-electron chi connectivity index (χ3n) is 4.67. The lowest BCUT2D eigenvalue weighted by molar-refractivity contribution is 0.0374. The predicted molar refractivity (Wildman–Crippen MR) is 109 cm³/mol. The van der Waals surface area contributed by atoms with E-state index in [0.29, 0.717) is 16.7 Å². The molecule has 1 aliphatic heterocycles. The summed E-state index contributed by atoms with van der Waals surface area (Å²) in [5.41, 5.74) is 2.12. The Labute approximate surface area is 170 Å². The number of halogens is 2. The third kappa shape index (κ3) is 5.76. The van der Waals surface area contributed by atoms with Gasteiger partial charge in [-0.1, -0.05) is 41.4 Å². The van der Waals surface area contributed by atoms with Crippen molar-refractivity contribution in [3.05, 3.63) is 57.6 Å². The molecule has 1 saturated heterocycles. The van der Waals surface area contributed by atoms with Crippen LogP contribution in [0.3, 0.4) is 0 Å². The lowest BCUT2D eigenvalue weighted by Gasteiger charge is -2.26. The number of hydrogen-bond acceptors (Lipinski definition) is 4. The first-order valence-electron chi connectivity index (χ1n) is 9.20. The molecule has 4 nitrogen and oxygen atoms in total. The molecule has 1 heterocycles. The van der Waals surface area contributed by atoms with Crippen LogP contribution in [0.1, 0.15) is 17.5 Å². The predicted octanol–water partition coefficient (Wildman–Crippen LogP) is 4.85. The van der Waals surface area contributed by atoms with Crippen molar-refractivity contribution in [2.45, 2.75) is 19.4 Å². The molecule has 0 amide bonds. The van der Waals surface area contributed by atoms with Crippen molar-refractivity contribution in [3.63, 3.8) is 0 Å². The summed E-state index contributed by atoms with van der Waals surface area (Å²) in [7, 11) is 1.67. The Balaban J connectivity index is 1.64. The Hall–Kier alpha value is -1.46. The SMILES string of the molecule is COc1cccc(CCCN2CCOCC2)c1OCc1ccc(Cl)c(Cl)c1. The number of nitrogens with zero attached hydrogens (tertiary/aromatic N) is 1. The molecule has 0 aromatic heterocycles. The largest absolute Gasteiger partial charge is 0.493 e. The molecule has 2 aromatic rings. The highest BCUT2D eigenvalue weighted by Crippen LogP contribution is 2.33. The Kier molecular flexibility index (Phi) is 7.65. The Bertz CT molecular complexity index is 748. The van der Waals surface area contributed by atoms with E-state index in [2.05, 4.69) is 11.0 Å². The van der Waals surface area contributed by atoms with Gasteiger partial charge < -0.3 is 14.2 Å². The van der Waals surface area contributed by atoms with Crippen LogP contribution in [0.5, 0.6) is 11.5 Å². The van der Waals surface area contributed by atoms with E-state index in [4.69, 9.17) is 37.4 Å². The Morgan fingerprint density at radius 1 is 1.07 bits per heavy atom. The summed E-state index contributed by atoms with van der Waals surface area (Å²) in [4.78, 5) is 2.44. The van der Waals surface area contributed by atoms with Crippen LogP contribution in [0.2, 0.25) is 10.0 Å². The van der Waals surface area contributed by atoms with Gasteiger partial charge in [0.1, 0.15) is 6.61 Å². The van der Waals surface area contributed by atoms with E-state index in [-0.39, 0.29) is 0 Å². The van der Waals surface area contributed by atoms with E-state index in [1.54, 1.807) is 13.2 Å². The van der Waals surface area contributed by atoms with Crippen molar-refractivity contribution in [3.8, 4) is 11.5 Å². The molecule has 27 heavy (non-hydrogen) atoms. The van der Waals surface area contributed by atoms with E-state index < -0.39 is 0 Å². The van der Waals surface area contributed by atoms with Gasteiger partial charge in [0.15, 0.2) is 11.5 Å². The number of benzene rings is 2. The highest BCUT2D eigenvalue weighted by molar-refractivity contribution is 6.42. The molecule has 0 aliphatic carbocycles. The van der Waals surface area contributed by atoms with E-state index in [0.717, 1.165) is 68.3 Å². The molecule has 0 bridgehead atoms. The highest BCUT2D eigenvalue weighted by atomic mass is 35.5. The summed E-state index contributed by atoms with van der Waals surface area (Å²) in [6.07, 6.45) is 2.00. The number of ether oxygens (including phenoxy) is 3. The summed E-state index contributed by atoms with van der Waals surface area (Å²) < 4.78 is 17.0. The molecule has 146 valence electrons. The van der Waals surface area contributed by atoms with Crippen molar-refractivity contribution in [1.29, 1.82) is 0 Å². The van der Waals surface area contributed by atoms with Crippen molar-refractivity contribution < 1.29 is 14.2 Å². The minimum atomic E-state index is 0.410. The Morgan fingerprint density at radius 2 is 1.89 bits per heavy atom. The molecule has 0 atom stereocenters. The van der Waals surface area contributed by atoms with Crippen LogP contribution in [-0.4, -0.2) is 44.9 Å². The molecular formula is C21H25Cl2NO3. The topological polar surface area (TPSA) is 30.9 Å². The second-order valence-electron chi connectivity index (χ2n) is 6.54. The maximum atomic E-state index is 6.12. The minimum Gasteiger partial charge on any atom is -0.493 e. The van der Waals surface area contributed by atoms with Gasteiger partial charge in [0.05, 0.1) is 30.4 Å². The normalized spacial score (nSPS) is 14.9. The first kappa shape index (κ1) is 20.3. The lowest BCUT2D eigenvalue weighted by atomic mass is 10.1. The van der Waals surface area contributed by atoms with Crippen molar-refractivity contribution in [1.82, 2.24) is 4.90 Å². The van der Waals surface area contributed by atoms with Crippen LogP contribution in [0.15, 0.2) is 36.4 Å². The first-order chi connectivity index (χ1) is 13.2. The van der Waals surface area contributed by atoms with Gasteiger partial charge in [-0.3, -0.25) is 4.90 Å². The minimum absolute atomic E-state index is 0.410. The maximum absolute atomic E-state index is 6.12. The molecule has 0 saturated carbocycles. The molecule has 1 fully saturated rings. The average molecular weight is 410 g/mol. The summed E-state index contributed by atoms with van der Waals surface area (Å²) >= 11 is 12.1. The number of morpholine rings is 1. The molecule has 1 aliphatic rings. The third-order valence-corrected chi connectivity index (χ3v) is 5.41. The zero-order valence-corrected chi connectivity index (χ0v) is 17.1. The number of para-hydroxylation sites is 1. The summed E-state index contributed by atoms with van der Waals surface area (Å²) in [5.74, 6) is 1.55. The van der Waals surface area contributed by atoms with Gasteiger partial charge in [-0.2, -0.15) is 0 Å². The smallest absolute Gasteiger partial charge is 0.164 e. The molecule has 0 unspecified atom stereocenters. The van der Waals surface area contributed by atoms with Gasteiger partial charge >= 0.3 is 0 Å². The van der Waals surface area contributed by atoms with Crippen LogP contribution in [0, 0.1) is 0 Å². The summed E-state index contributed by atoms with van der Waals surface area (Å²) in [6, 6.07) is 11.6. The quantitative estimate of drug-likeness (QED) is 0.623. The van der Waals surface area contributed by atoms with Gasteiger partial charge in [-0.05, 0) is 48.7 Å². The highest BCUT2D eigenvalue weighted by Gasteiger charge is 2.13. The zero-order valence-electron chi connectivity index (χ0n) is 15.5. The monoisotopic (exact) mass is 409 g/mol. The van der Waals surface area contributed by atoms with Crippen LogP contribution < -0.4 is 9.47 Å². The molecule has 0 radical (unpaired) electrons. The molecule has 3 rings (SSSR count). The standard InChI is InChI=1S/C21H25Cl2NO3/c1-25-20-6-2-4-17(5-3-9-24-10-12-26-13-11-24)21(20)27-15-16-7-8-18(22)19(23)14-16/h2,4,6-8,14H,3,5,9-13,15H2,1H3. The van der Waals surface area contributed by atoms with Crippen molar-refractivity contribution >= 4 is 23.2 Å². The summed E-state index contributed by atoms with van der Waals surface area (Å²) in [6.45, 7) is 5.16. The van der Waals surface area contributed by atoms with E-state index in [1.807, 2.05) is 24.3 Å². The Morgan fingerprint density at radius 3 is 2.63 bits per heavy atom. The molecule has 2 aromatic carbocycles. The van der Waals surface area contributed by atoms with Crippen LogP contribution in [-0.2, 0) is 17.8 Å². The van der Waals surface area contributed by atoms with E-state index >= 15 is 0 Å². The number of hydrogen-bond donors (Lipinski definition) is 0. The average Bonchev–Trinajstić information content (AvgIpc) is 2.70. The van der Waals surface area contributed by atoms with E-state index in [1.165, 1.54) is 0 Å². The first-order valence-corrected chi connectivity index (χ1v) is 9.95. The van der Waals surface area contributed by atoms with Crippen LogP contribution >= 0.6 is 23.2 Å². The van der Waals surface area contributed by atoms with Crippen molar-refractivity contribution in [2.75, 3.05) is 40.0 Å². The van der Waals surface area contributed by atoms with Gasteiger partial charge in [0, 0.05) is 13.1 Å². The number of rotatable bonds is 8. The second kappa shape index (κ2) is 10.2. The van der Waals surface area contributed by atoms with Crippen molar-refractivity contribution in [2.24, 2.45) is 0 Å². The van der Waals surface area contributed by atoms with E-state index in [9.17, 15) is 0 Å². The lowest BCUT2D eigenvalue weighted by Crippen LogP contribution is -2.36. The molecule has 0 N–H and O–H groups in total. The number of aryl methyl sites for hydroxylation is 1.